The zero-order valence-corrected chi connectivity index (χ0v) is 9.21. The normalized spacial score (nSPS) is 18.6. The van der Waals surface area contributed by atoms with Crippen molar-refractivity contribution in [1.82, 2.24) is 5.06 Å². The second kappa shape index (κ2) is 8.21. The molecule has 2 N–H and O–H groups in total. The molecule has 1 aliphatic heterocycles. The van der Waals surface area contributed by atoms with Crippen LogP contribution in [0, 0.1) is 0 Å². The Bertz CT molecular complexity index is 124. The van der Waals surface area contributed by atoms with Crippen LogP contribution < -0.4 is 5.73 Å². The third-order valence-corrected chi connectivity index (χ3v) is 2.69. The van der Waals surface area contributed by atoms with E-state index in [0.29, 0.717) is 0 Å². The Morgan fingerprint density at radius 2 is 1.79 bits per heavy atom. The second-order valence-corrected chi connectivity index (χ2v) is 4.03. The SMILES string of the molecule is NCCCCCCCN1CCCCO1. The van der Waals surface area contributed by atoms with E-state index in [2.05, 4.69) is 5.06 Å². The average molecular weight is 200 g/mol. The van der Waals surface area contributed by atoms with Crippen LogP contribution in [-0.2, 0) is 4.84 Å². The van der Waals surface area contributed by atoms with Crippen LogP contribution in [0.4, 0.5) is 0 Å². The van der Waals surface area contributed by atoms with Gasteiger partial charge in [0.1, 0.15) is 0 Å². The van der Waals surface area contributed by atoms with E-state index < -0.39 is 0 Å². The monoisotopic (exact) mass is 200 g/mol. The van der Waals surface area contributed by atoms with Crippen molar-refractivity contribution in [2.45, 2.75) is 44.9 Å². The number of hydrogen-bond donors (Lipinski definition) is 1. The molecule has 0 radical (unpaired) electrons. The summed E-state index contributed by atoms with van der Waals surface area (Å²) in [5, 5.41) is 2.13. The Balaban J connectivity index is 1.82. The first-order chi connectivity index (χ1) is 6.93. The fourth-order valence-corrected chi connectivity index (χ4v) is 1.79. The summed E-state index contributed by atoms with van der Waals surface area (Å²) in [6.07, 6.45) is 8.91. The standard InChI is InChI=1S/C11H24N2O/c12-8-4-2-1-3-5-9-13-10-6-7-11-14-13/h1-12H2. The quantitative estimate of drug-likeness (QED) is 0.638. The lowest BCUT2D eigenvalue weighted by molar-refractivity contribution is -0.180. The van der Waals surface area contributed by atoms with Gasteiger partial charge in [-0.2, -0.15) is 5.06 Å². The molecular weight excluding hydrogens is 176 g/mol. The molecule has 0 unspecified atom stereocenters. The predicted octanol–water partition coefficient (Wildman–Crippen LogP) is 1.92. The summed E-state index contributed by atoms with van der Waals surface area (Å²) in [6.45, 7) is 4.01. The number of rotatable bonds is 7. The number of hydroxylamine groups is 2. The molecule has 1 fully saturated rings. The van der Waals surface area contributed by atoms with Gasteiger partial charge in [-0.1, -0.05) is 19.3 Å². The van der Waals surface area contributed by atoms with Gasteiger partial charge in [-0.3, -0.25) is 4.84 Å². The van der Waals surface area contributed by atoms with Crippen LogP contribution in [0.1, 0.15) is 44.9 Å². The summed E-state index contributed by atoms with van der Waals surface area (Å²) in [6, 6.07) is 0. The molecule has 0 aromatic rings. The maximum absolute atomic E-state index is 5.52. The topological polar surface area (TPSA) is 38.5 Å². The van der Waals surface area contributed by atoms with Gasteiger partial charge in [0, 0.05) is 13.1 Å². The lowest BCUT2D eigenvalue weighted by atomic mass is 10.1. The van der Waals surface area contributed by atoms with Gasteiger partial charge in [-0.05, 0) is 32.2 Å². The molecule has 1 aliphatic rings. The third kappa shape index (κ3) is 5.58. The molecule has 1 saturated heterocycles. The highest BCUT2D eigenvalue weighted by atomic mass is 16.7. The molecule has 14 heavy (non-hydrogen) atoms. The van der Waals surface area contributed by atoms with E-state index in [1.165, 1.54) is 44.9 Å². The lowest BCUT2D eigenvalue weighted by Crippen LogP contribution is -2.30. The Morgan fingerprint density at radius 1 is 1.00 bits per heavy atom. The van der Waals surface area contributed by atoms with Crippen LogP contribution in [0.2, 0.25) is 0 Å². The molecule has 0 saturated carbocycles. The molecule has 0 atom stereocenters. The predicted molar refractivity (Wildman–Crippen MR) is 58.9 cm³/mol. The van der Waals surface area contributed by atoms with E-state index in [0.717, 1.165) is 26.2 Å². The Morgan fingerprint density at radius 3 is 2.50 bits per heavy atom. The van der Waals surface area contributed by atoms with Gasteiger partial charge in [0.15, 0.2) is 0 Å². The van der Waals surface area contributed by atoms with Crippen LogP contribution >= 0.6 is 0 Å². The van der Waals surface area contributed by atoms with Gasteiger partial charge in [0.25, 0.3) is 0 Å². The highest BCUT2D eigenvalue weighted by Gasteiger charge is 2.09. The zero-order chi connectivity index (χ0) is 10.1. The molecule has 0 aromatic carbocycles. The van der Waals surface area contributed by atoms with Crippen molar-refractivity contribution >= 4 is 0 Å². The second-order valence-electron chi connectivity index (χ2n) is 4.03. The van der Waals surface area contributed by atoms with E-state index in [9.17, 15) is 0 Å². The molecular formula is C11H24N2O. The van der Waals surface area contributed by atoms with E-state index in [1.54, 1.807) is 0 Å². The molecule has 1 heterocycles. The largest absolute Gasteiger partial charge is 0.330 e. The highest BCUT2D eigenvalue weighted by Crippen LogP contribution is 2.08. The van der Waals surface area contributed by atoms with Crippen molar-refractivity contribution in [3.05, 3.63) is 0 Å². The highest BCUT2D eigenvalue weighted by molar-refractivity contribution is 4.54. The van der Waals surface area contributed by atoms with E-state index in [4.69, 9.17) is 10.6 Å². The van der Waals surface area contributed by atoms with Crippen LogP contribution in [0.5, 0.6) is 0 Å². The molecule has 0 aromatic heterocycles. The van der Waals surface area contributed by atoms with E-state index >= 15 is 0 Å². The van der Waals surface area contributed by atoms with Crippen LogP contribution in [0.25, 0.3) is 0 Å². The molecule has 84 valence electrons. The molecule has 0 bridgehead atoms. The maximum Gasteiger partial charge on any atom is 0.0685 e. The molecule has 0 spiro atoms. The number of nitrogens with two attached hydrogens (primary N) is 1. The summed E-state index contributed by atoms with van der Waals surface area (Å²) in [4.78, 5) is 5.52. The summed E-state index contributed by atoms with van der Waals surface area (Å²) in [7, 11) is 0. The van der Waals surface area contributed by atoms with E-state index in [1.807, 2.05) is 0 Å². The minimum Gasteiger partial charge on any atom is -0.330 e. The average Bonchev–Trinajstić information content (AvgIpc) is 2.25. The van der Waals surface area contributed by atoms with Crippen molar-refractivity contribution in [2.75, 3.05) is 26.2 Å². The molecule has 3 nitrogen and oxygen atoms in total. The third-order valence-electron chi connectivity index (χ3n) is 2.69. The smallest absolute Gasteiger partial charge is 0.0685 e. The Hall–Kier alpha value is -0.120. The summed E-state index contributed by atoms with van der Waals surface area (Å²) in [5.74, 6) is 0. The van der Waals surface area contributed by atoms with Crippen molar-refractivity contribution in [3.8, 4) is 0 Å². The first-order valence-corrected chi connectivity index (χ1v) is 6.01. The first kappa shape index (κ1) is 12.0. The van der Waals surface area contributed by atoms with Crippen molar-refractivity contribution in [1.29, 1.82) is 0 Å². The fraction of sp³-hybridized carbons (Fsp3) is 1.00. The minimum atomic E-state index is 0.842. The molecule has 3 heteroatoms. The molecule has 1 rings (SSSR count). The summed E-state index contributed by atoms with van der Waals surface area (Å²) < 4.78 is 0. The van der Waals surface area contributed by atoms with Gasteiger partial charge < -0.3 is 5.73 Å². The number of hydrogen-bond acceptors (Lipinski definition) is 3. The van der Waals surface area contributed by atoms with Crippen molar-refractivity contribution in [3.63, 3.8) is 0 Å². The van der Waals surface area contributed by atoms with Gasteiger partial charge in [0.05, 0.1) is 6.61 Å². The van der Waals surface area contributed by atoms with Crippen molar-refractivity contribution < 1.29 is 4.84 Å². The first-order valence-electron chi connectivity index (χ1n) is 6.01. The Kier molecular flexibility index (Phi) is 7.01. The molecule has 0 aliphatic carbocycles. The number of nitrogens with zero attached hydrogens (tertiary/aromatic N) is 1. The Labute approximate surface area is 87.6 Å². The van der Waals surface area contributed by atoms with Gasteiger partial charge in [-0.15, -0.1) is 0 Å². The maximum atomic E-state index is 5.52. The van der Waals surface area contributed by atoms with Crippen LogP contribution in [-0.4, -0.2) is 31.3 Å². The van der Waals surface area contributed by atoms with Crippen LogP contribution in [0.3, 0.4) is 0 Å². The number of unbranched alkanes of at least 4 members (excludes halogenated alkanes) is 4. The summed E-state index contributed by atoms with van der Waals surface area (Å²) in [5.41, 5.74) is 5.43. The minimum absolute atomic E-state index is 0.842. The van der Waals surface area contributed by atoms with Crippen LogP contribution in [0.15, 0.2) is 0 Å². The molecule has 0 amide bonds. The van der Waals surface area contributed by atoms with E-state index in [-0.39, 0.29) is 0 Å². The lowest BCUT2D eigenvalue weighted by Gasteiger charge is -2.25. The zero-order valence-electron chi connectivity index (χ0n) is 9.21. The van der Waals surface area contributed by atoms with Crippen molar-refractivity contribution in [2.24, 2.45) is 5.73 Å². The van der Waals surface area contributed by atoms with Gasteiger partial charge in [0.2, 0.25) is 0 Å². The summed E-state index contributed by atoms with van der Waals surface area (Å²) >= 11 is 0. The fourth-order valence-electron chi connectivity index (χ4n) is 1.79. The van der Waals surface area contributed by atoms with Gasteiger partial charge in [-0.25, -0.2) is 0 Å². The van der Waals surface area contributed by atoms with Gasteiger partial charge >= 0.3 is 0 Å².